The molecule has 29 heavy (non-hydrogen) atoms. The summed E-state index contributed by atoms with van der Waals surface area (Å²) >= 11 is 7.89. The number of thioether (sulfide) groups is 1. The van der Waals surface area contributed by atoms with E-state index in [2.05, 4.69) is 78.1 Å². The van der Waals surface area contributed by atoms with Crippen molar-refractivity contribution in [2.24, 2.45) is 0 Å². The number of thiocarbonyl (C=S) groups is 1. The largest absolute Gasteiger partial charge is 0.362 e. The summed E-state index contributed by atoms with van der Waals surface area (Å²) in [7, 11) is 0. The van der Waals surface area contributed by atoms with E-state index in [9.17, 15) is 0 Å². The molecule has 0 radical (unpaired) electrons. The van der Waals surface area contributed by atoms with Gasteiger partial charge in [0.1, 0.15) is 0 Å². The lowest BCUT2D eigenvalue weighted by Gasteiger charge is -2.37. The first-order chi connectivity index (χ1) is 14.3. The number of anilines is 1. The van der Waals surface area contributed by atoms with Gasteiger partial charge in [-0.15, -0.1) is 0 Å². The van der Waals surface area contributed by atoms with Gasteiger partial charge in [0, 0.05) is 10.6 Å². The highest BCUT2D eigenvalue weighted by molar-refractivity contribution is 8.02. The molecule has 0 heterocycles. The monoisotopic (exact) mass is 411 g/mol. The quantitative estimate of drug-likeness (QED) is 0.150. The molecule has 0 fully saturated rings. The predicted molar refractivity (Wildman–Crippen MR) is 129 cm³/mol. The van der Waals surface area contributed by atoms with E-state index in [0.717, 1.165) is 26.6 Å². The summed E-state index contributed by atoms with van der Waals surface area (Å²) in [6.45, 7) is 0. The van der Waals surface area contributed by atoms with Crippen LogP contribution in [0.1, 0.15) is 11.1 Å². The number of para-hydroxylation sites is 1. The second-order valence-electron chi connectivity index (χ2n) is 6.65. The lowest BCUT2D eigenvalue weighted by atomic mass is 9.97. The topological polar surface area (TPSA) is 12.0 Å². The summed E-state index contributed by atoms with van der Waals surface area (Å²) in [5, 5.41) is 3.78. The molecule has 142 valence electrons. The van der Waals surface area contributed by atoms with Crippen molar-refractivity contribution < 1.29 is 0 Å². The van der Waals surface area contributed by atoms with Crippen molar-refractivity contribution >= 4 is 34.5 Å². The van der Waals surface area contributed by atoms with Gasteiger partial charge in [-0.2, -0.15) is 0 Å². The maximum absolute atomic E-state index is 6.15. The van der Waals surface area contributed by atoms with Gasteiger partial charge < -0.3 is 5.32 Å². The van der Waals surface area contributed by atoms with Crippen molar-refractivity contribution in [3.63, 3.8) is 0 Å². The highest BCUT2D eigenvalue weighted by Crippen LogP contribution is 2.45. The van der Waals surface area contributed by atoms with Gasteiger partial charge >= 0.3 is 0 Å². The van der Waals surface area contributed by atoms with Crippen molar-refractivity contribution in [1.29, 1.82) is 0 Å². The molecule has 4 rings (SSSR count). The first kappa shape index (κ1) is 19.4. The Bertz CT molecular complexity index is 1010. The summed E-state index contributed by atoms with van der Waals surface area (Å²) in [6, 6.07) is 41.4. The van der Waals surface area contributed by atoms with Gasteiger partial charge in [0.2, 0.25) is 0 Å². The van der Waals surface area contributed by atoms with E-state index in [1.807, 2.05) is 48.5 Å². The molecule has 0 aromatic heterocycles. The lowest BCUT2D eigenvalue weighted by Crippen LogP contribution is -2.40. The van der Waals surface area contributed by atoms with E-state index >= 15 is 0 Å². The normalized spacial score (nSPS) is 12.7. The minimum Gasteiger partial charge on any atom is -0.362 e. The molecular formula is C26H21NS2. The van der Waals surface area contributed by atoms with Gasteiger partial charge in [-0.25, -0.2) is 0 Å². The molecule has 1 unspecified atom stereocenters. The van der Waals surface area contributed by atoms with Gasteiger partial charge in [-0.3, -0.25) is 0 Å². The van der Waals surface area contributed by atoms with Crippen LogP contribution in [0.5, 0.6) is 0 Å². The Balaban J connectivity index is 1.89. The molecule has 3 heteroatoms. The van der Waals surface area contributed by atoms with Crippen LogP contribution in [-0.2, 0) is 4.87 Å². The first-order valence-electron chi connectivity index (χ1n) is 9.51. The van der Waals surface area contributed by atoms with E-state index in [-0.39, 0.29) is 0 Å². The standard InChI is InChI=1S/C26H21NS2/c28-25(21-13-5-1-6-14-21)26(22-15-7-2-8-16-22,27-23-17-9-3-10-18-23)29-24-19-11-4-12-20-24/h1-20,27H. The van der Waals surface area contributed by atoms with Gasteiger partial charge in [-0.05, 0) is 35.4 Å². The van der Waals surface area contributed by atoms with Crippen LogP contribution in [0, 0.1) is 0 Å². The van der Waals surface area contributed by atoms with Crippen LogP contribution in [0.25, 0.3) is 0 Å². The first-order valence-corrected chi connectivity index (χ1v) is 10.7. The summed E-state index contributed by atoms with van der Waals surface area (Å²) in [6.07, 6.45) is 0. The number of benzene rings is 4. The molecule has 4 aromatic rings. The van der Waals surface area contributed by atoms with E-state index in [0.29, 0.717) is 0 Å². The second kappa shape index (κ2) is 9.08. The Morgan fingerprint density at radius 1 is 0.621 bits per heavy atom. The zero-order valence-corrected chi connectivity index (χ0v) is 17.5. The van der Waals surface area contributed by atoms with Gasteiger partial charge in [0.15, 0.2) is 4.87 Å². The van der Waals surface area contributed by atoms with Crippen LogP contribution in [0.15, 0.2) is 126 Å². The van der Waals surface area contributed by atoms with E-state index in [1.54, 1.807) is 11.8 Å². The smallest absolute Gasteiger partial charge is 0.150 e. The summed E-state index contributed by atoms with van der Waals surface area (Å²) in [5.41, 5.74) is 3.18. The molecule has 0 saturated heterocycles. The Morgan fingerprint density at radius 2 is 1.10 bits per heavy atom. The molecule has 0 aliphatic carbocycles. The molecule has 0 spiro atoms. The van der Waals surface area contributed by atoms with Crippen molar-refractivity contribution in [3.8, 4) is 0 Å². The maximum Gasteiger partial charge on any atom is 0.150 e. The molecule has 0 amide bonds. The van der Waals surface area contributed by atoms with Gasteiger partial charge in [-0.1, -0.05) is 121 Å². The van der Waals surface area contributed by atoms with Crippen molar-refractivity contribution in [2.45, 2.75) is 9.77 Å². The van der Waals surface area contributed by atoms with Crippen LogP contribution in [0.2, 0.25) is 0 Å². The molecule has 0 aliphatic rings. The highest BCUT2D eigenvalue weighted by atomic mass is 32.2. The number of hydrogen-bond donors (Lipinski definition) is 1. The minimum atomic E-state index is -0.638. The lowest BCUT2D eigenvalue weighted by molar-refractivity contribution is 0.965. The third-order valence-corrected chi connectivity index (χ3v) is 6.67. The molecule has 0 saturated carbocycles. The van der Waals surface area contributed by atoms with Crippen molar-refractivity contribution in [3.05, 3.63) is 132 Å². The number of hydrogen-bond acceptors (Lipinski definition) is 3. The fourth-order valence-corrected chi connectivity index (χ4v) is 4.96. The summed E-state index contributed by atoms with van der Waals surface area (Å²) in [5.74, 6) is 0. The number of nitrogens with one attached hydrogen (secondary N) is 1. The highest BCUT2D eigenvalue weighted by Gasteiger charge is 2.39. The van der Waals surface area contributed by atoms with Crippen LogP contribution in [-0.4, -0.2) is 4.86 Å². The van der Waals surface area contributed by atoms with Crippen LogP contribution in [0.3, 0.4) is 0 Å². The Morgan fingerprint density at radius 3 is 1.69 bits per heavy atom. The molecule has 1 atom stereocenters. The third-order valence-electron chi connectivity index (χ3n) is 4.64. The van der Waals surface area contributed by atoms with Gasteiger partial charge in [0.25, 0.3) is 0 Å². The zero-order valence-electron chi connectivity index (χ0n) is 15.9. The predicted octanol–water partition coefficient (Wildman–Crippen LogP) is 7.16. The number of rotatable bonds is 7. The Kier molecular flexibility index (Phi) is 6.09. The average Bonchev–Trinajstić information content (AvgIpc) is 2.80. The van der Waals surface area contributed by atoms with Crippen LogP contribution >= 0.6 is 24.0 Å². The Hall–Kier alpha value is -2.88. The molecule has 1 nitrogen and oxygen atoms in total. The second-order valence-corrected chi connectivity index (χ2v) is 8.34. The SMILES string of the molecule is S=C(c1ccccc1)C(Nc1ccccc1)(Sc1ccccc1)c1ccccc1. The fourth-order valence-electron chi connectivity index (χ4n) is 3.25. The van der Waals surface area contributed by atoms with Crippen LogP contribution in [0.4, 0.5) is 5.69 Å². The van der Waals surface area contributed by atoms with Crippen molar-refractivity contribution in [1.82, 2.24) is 0 Å². The molecule has 0 aliphatic heterocycles. The van der Waals surface area contributed by atoms with Crippen LogP contribution < -0.4 is 5.32 Å². The summed E-state index contributed by atoms with van der Waals surface area (Å²) < 4.78 is 0. The van der Waals surface area contributed by atoms with E-state index in [1.165, 1.54) is 0 Å². The fraction of sp³-hybridized carbons (Fsp3) is 0.0385. The average molecular weight is 412 g/mol. The van der Waals surface area contributed by atoms with Crippen molar-refractivity contribution in [2.75, 3.05) is 5.32 Å². The Labute approximate surface area is 181 Å². The van der Waals surface area contributed by atoms with E-state index in [4.69, 9.17) is 12.2 Å². The molecular weight excluding hydrogens is 390 g/mol. The molecule has 0 bridgehead atoms. The molecule has 4 aromatic carbocycles. The molecule has 1 N–H and O–H groups in total. The van der Waals surface area contributed by atoms with E-state index < -0.39 is 4.87 Å². The summed E-state index contributed by atoms with van der Waals surface area (Å²) in [4.78, 5) is 1.36. The minimum absolute atomic E-state index is 0.638. The maximum atomic E-state index is 6.15. The zero-order chi connectivity index (χ0) is 19.9. The third kappa shape index (κ3) is 4.42. The van der Waals surface area contributed by atoms with Gasteiger partial charge in [0.05, 0.1) is 4.86 Å².